The van der Waals surface area contributed by atoms with Crippen LogP contribution in [0, 0.1) is 5.92 Å². The molecule has 1 fully saturated rings. The van der Waals surface area contributed by atoms with Gasteiger partial charge in [0.2, 0.25) is 0 Å². The second-order valence-electron chi connectivity index (χ2n) is 3.02. The molecule has 0 aromatic rings. The van der Waals surface area contributed by atoms with E-state index in [9.17, 15) is 13.2 Å². The van der Waals surface area contributed by atoms with Gasteiger partial charge in [0.15, 0.2) is 0 Å². The van der Waals surface area contributed by atoms with E-state index in [0.29, 0.717) is 26.1 Å². The Hall–Kier alpha value is -0.290. The molecule has 2 nitrogen and oxygen atoms in total. The van der Waals surface area contributed by atoms with Gasteiger partial charge in [-0.25, -0.2) is 0 Å². The SMILES string of the molecule is N[C@H](C1CCOCC1)C(F)(F)F. The maximum atomic E-state index is 12.1. The average molecular weight is 183 g/mol. The highest BCUT2D eigenvalue weighted by Crippen LogP contribution is 2.29. The minimum absolute atomic E-state index is 0.397. The lowest BCUT2D eigenvalue weighted by molar-refractivity contribution is -0.165. The average Bonchev–Trinajstić information content (AvgIpc) is 2.03. The van der Waals surface area contributed by atoms with Crippen molar-refractivity contribution in [3.8, 4) is 0 Å². The molecule has 1 atom stereocenters. The number of nitrogens with two attached hydrogens (primary N) is 1. The standard InChI is InChI=1S/C7H12F3NO/c8-7(9,10)6(11)5-1-3-12-4-2-5/h5-6H,1-4,11H2/t6-/m1/s1. The third-order valence-corrected chi connectivity index (χ3v) is 2.15. The van der Waals surface area contributed by atoms with Gasteiger partial charge in [0.1, 0.15) is 6.04 Å². The van der Waals surface area contributed by atoms with Gasteiger partial charge in [0.25, 0.3) is 0 Å². The van der Waals surface area contributed by atoms with Crippen LogP contribution in [-0.2, 0) is 4.74 Å². The summed E-state index contributed by atoms with van der Waals surface area (Å²) < 4.78 is 41.1. The normalized spacial score (nSPS) is 24.0. The molecular formula is C7H12F3NO. The first-order chi connectivity index (χ1) is 5.52. The van der Waals surface area contributed by atoms with Crippen LogP contribution in [0.1, 0.15) is 12.8 Å². The van der Waals surface area contributed by atoms with Crippen molar-refractivity contribution < 1.29 is 17.9 Å². The predicted molar refractivity (Wildman–Crippen MR) is 37.6 cm³/mol. The largest absolute Gasteiger partial charge is 0.403 e. The lowest BCUT2D eigenvalue weighted by atomic mass is 9.92. The van der Waals surface area contributed by atoms with Crippen molar-refractivity contribution in [2.45, 2.75) is 25.1 Å². The predicted octanol–water partition coefficient (Wildman–Crippen LogP) is 1.30. The molecule has 0 spiro atoms. The smallest absolute Gasteiger partial charge is 0.381 e. The van der Waals surface area contributed by atoms with Crippen LogP contribution >= 0.6 is 0 Å². The van der Waals surface area contributed by atoms with E-state index in [1.165, 1.54) is 0 Å². The molecule has 5 heteroatoms. The van der Waals surface area contributed by atoms with Gasteiger partial charge in [-0.15, -0.1) is 0 Å². The quantitative estimate of drug-likeness (QED) is 0.665. The van der Waals surface area contributed by atoms with E-state index in [1.54, 1.807) is 0 Å². The molecule has 2 N–H and O–H groups in total. The van der Waals surface area contributed by atoms with Crippen molar-refractivity contribution in [2.24, 2.45) is 11.7 Å². The Bertz CT molecular complexity index is 142. The fourth-order valence-electron chi connectivity index (χ4n) is 1.34. The molecular weight excluding hydrogens is 171 g/mol. The molecule has 12 heavy (non-hydrogen) atoms. The summed E-state index contributed by atoms with van der Waals surface area (Å²) in [7, 11) is 0. The number of hydrogen-bond acceptors (Lipinski definition) is 2. The monoisotopic (exact) mass is 183 g/mol. The van der Waals surface area contributed by atoms with Crippen LogP contribution < -0.4 is 5.73 Å². The van der Waals surface area contributed by atoms with E-state index in [2.05, 4.69) is 0 Å². The van der Waals surface area contributed by atoms with Crippen LogP contribution in [0.5, 0.6) is 0 Å². The number of alkyl halides is 3. The van der Waals surface area contributed by atoms with Gasteiger partial charge in [0, 0.05) is 13.2 Å². The summed E-state index contributed by atoms with van der Waals surface area (Å²) in [5.41, 5.74) is 5.04. The maximum absolute atomic E-state index is 12.1. The number of rotatable bonds is 1. The van der Waals surface area contributed by atoms with Crippen LogP contribution in [0.25, 0.3) is 0 Å². The second-order valence-corrected chi connectivity index (χ2v) is 3.02. The molecule has 1 rings (SSSR count). The molecule has 0 aromatic heterocycles. The summed E-state index contributed by atoms with van der Waals surface area (Å²) in [5.74, 6) is -0.459. The summed E-state index contributed by atoms with van der Waals surface area (Å²) in [6, 6.07) is -1.68. The maximum Gasteiger partial charge on any atom is 0.403 e. The molecule has 1 aliphatic rings. The number of halogens is 3. The minimum Gasteiger partial charge on any atom is -0.381 e. The van der Waals surface area contributed by atoms with Crippen molar-refractivity contribution in [2.75, 3.05) is 13.2 Å². The molecule has 0 unspecified atom stereocenters. The summed E-state index contributed by atoms with van der Waals surface area (Å²) >= 11 is 0. The Labute approximate surface area is 68.9 Å². The zero-order valence-electron chi connectivity index (χ0n) is 6.60. The molecule has 0 bridgehead atoms. The summed E-state index contributed by atoms with van der Waals surface area (Å²) in [6.07, 6.45) is -3.43. The lowest BCUT2D eigenvalue weighted by Crippen LogP contribution is -2.45. The van der Waals surface area contributed by atoms with E-state index < -0.39 is 18.1 Å². The van der Waals surface area contributed by atoms with Gasteiger partial charge in [-0.1, -0.05) is 0 Å². The Morgan fingerprint density at radius 3 is 2.17 bits per heavy atom. The zero-order valence-corrected chi connectivity index (χ0v) is 6.60. The van der Waals surface area contributed by atoms with Gasteiger partial charge in [-0.05, 0) is 18.8 Å². The van der Waals surface area contributed by atoms with Crippen LogP contribution in [-0.4, -0.2) is 25.4 Å². The van der Waals surface area contributed by atoms with E-state index >= 15 is 0 Å². The summed E-state index contributed by atoms with van der Waals surface area (Å²) in [6.45, 7) is 0.795. The van der Waals surface area contributed by atoms with Crippen molar-refractivity contribution in [3.63, 3.8) is 0 Å². The van der Waals surface area contributed by atoms with Gasteiger partial charge in [-0.3, -0.25) is 0 Å². The molecule has 0 radical (unpaired) electrons. The number of ether oxygens (including phenoxy) is 1. The van der Waals surface area contributed by atoms with Gasteiger partial charge < -0.3 is 10.5 Å². The van der Waals surface area contributed by atoms with E-state index in [1.807, 2.05) is 0 Å². The highest BCUT2D eigenvalue weighted by molar-refractivity contribution is 4.80. The molecule has 0 aromatic carbocycles. The van der Waals surface area contributed by atoms with Gasteiger partial charge >= 0.3 is 6.18 Å². The van der Waals surface area contributed by atoms with Crippen molar-refractivity contribution in [1.82, 2.24) is 0 Å². The highest BCUT2D eigenvalue weighted by atomic mass is 19.4. The first-order valence-electron chi connectivity index (χ1n) is 3.92. The van der Waals surface area contributed by atoms with Crippen molar-refractivity contribution >= 4 is 0 Å². The van der Waals surface area contributed by atoms with E-state index in [4.69, 9.17) is 10.5 Å². The Kier molecular flexibility index (Phi) is 2.95. The Morgan fingerprint density at radius 2 is 1.75 bits per heavy atom. The fourth-order valence-corrected chi connectivity index (χ4v) is 1.34. The summed E-state index contributed by atoms with van der Waals surface area (Å²) in [4.78, 5) is 0. The first-order valence-corrected chi connectivity index (χ1v) is 3.92. The van der Waals surface area contributed by atoms with Crippen LogP contribution in [0.2, 0.25) is 0 Å². The molecule has 1 saturated heterocycles. The van der Waals surface area contributed by atoms with Crippen LogP contribution in [0.15, 0.2) is 0 Å². The molecule has 72 valence electrons. The Morgan fingerprint density at radius 1 is 1.25 bits per heavy atom. The van der Waals surface area contributed by atoms with Crippen LogP contribution in [0.3, 0.4) is 0 Å². The molecule has 0 amide bonds. The highest BCUT2D eigenvalue weighted by Gasteiger charge is 2.42. The minimum atomic E-state index is -4.26. The van der Waals surface area contributed by atoms with Crippen molar-refractivity contribution in [3.05, 3.63) is 0 Å². The van der Waals surface area contributed by atoms with Crippen molar-refractivity contribution in [1.29, 1.82) is 0 Å². The zero-order chi connectivity index (χ0) is 9.19. The Balaban J connectivity index is 2.45. The molecule has 0 saturated carbocycles. The van der Waals surface area contributed by atoms with E-state index in [-0.39, 0.29) is 0 Å². The number of hydrogen-bond donors (Lipinski definition) is 1. The van der Waals surface area contributed by atoms with E-state index in [0.717, 1.165) is 0 Å². The third-order valence-electron chi connectivity index (χ3n) is 2.15. The fraction of sp³-hybridized carbons (Fsp3) is 1.00. The summed E-state index contributed by atoms with van der Waals surface area (Å²) in [5, 5.41) is 0. The topological polar surface area (TPSA) is 35.2 Å². The molecule has 1 heterocycles. The third kappa shape index (κ3) is 2.35. The second kappa shape index (κ2) is 3.62. The lowest BCUT2D eigenvalue weighted by Gasteiger charge is -2.28. The van der Waals surface area contributed by atoms with Gasteiger partial charge in [-0.2, -0.15) is 13.2 Å². The molecule has 0 aliphatic carbocycles. The van der Waals surface area contributed by atoms with Crippen LogP contribution in [0.4, 0.5) is 13.2 Å². The van der Waals surface area contributed by atoms with Gasteiger partial charge in [0.05, 0.1) is 0 Å². The molecule has 1 aliphatic heterocycles. The first kappa shape index (κ1) is 9.80.